The van der Waals surface area contributed by atoms with Crippen LogP contribution >= 0.6 is 0 Å². The molecule has 0 spiro atoms. The Morgan fingerprint density at radius 1 is 0.391 bits per heavy atom. The Hall–Kier alpha value is -6.00. The number of fused-ring (bicyclic) bond motifs is 15. The minimum atomic E-state index is -0.0384. The van der Waals surface area contributed by atoms with Gasteiger partial charge in [-0.15, -0.1) is 0 Å². The van der Waals surface area contributed by atoms with Crippen LogP contribution in [-0.2, 0) is 0 Å². The fourth-order valence-electron chi connectivity index (χ4n) is 8.29. The first-order valence-corrected chi connectivity index (χ1v) is 15.8. The van der Waals surface area contributed by atoms with Crippen LogP contribution in [0.3, 0.4) is 0 Å². The van der Waals surface area contributed by atoms with Crippen LogP contribution < -0.4 is 25.9 Å². The van der Waals surface area contributed by atoms with E-state index in [2.05, 4.69) is 144 Å². The maximum Gasteiger partial charge on any atom is 0.261 e. The number of para-hydroxylation sites is 3. The number of ether oxygens (including phenoxy) is 2. The van der Waals surface area contributed by atoms with E-state index < -0.39 is 0 Å². The van der Waals surface area contributed by atoms with E-state index >= 15 is 0 Å². The maximum atomic E-state index is 6.94. The fourth-order valence-corrected chi connectivity index (χ4v) is 8.29. The lowest BCUT2D eigenvalue weighted by atomic mass is 9.34. The molecule has 2 aliphatic heterocycles. The van der Waals surface area contributed by atoms with Crippen LogP contribution in [0.2, 0.25) is 0 Å². The fraction of sp³-hybridized carbons (Fsp3) is 0. The van der Waals surface area contributed by atoms with Gasteiger partial charge in [-0.1, -0.05) is 109 Å². The summed E-state index contributed by atoms with van der Waals surface area (Å²) >= 11 is 0. The quantitative estimate of drug-likeness (QED) is 0.166. The Morgan fingerprint density at radius 3 is 1.61 bits per heavy atom. The highest BCUT2D eigenvalue weighted by Gasteiger charge is 2.42. The second kappa shape index (κ2) is 8.80. The summed E-state index contributed by atoms with van der Waals surface area (Å²) in [6, 6.07) is 52.3. The van der Waals surface area contributed by atoms with Crippen molar-refractivity contribution in [1.82, 2.24) is 4.40 Å². The molecule has 11 rings (SSSR count). The van der Waals surface area contributed by atoms with Crippen molar-refractivity contribution in [2.75, 3.05) is 0 Å². The molecule has 0 fully saturated rings. The lowest BCUT2D eigenvalue weighted by molar-refractivity contribution is 0.465. The molecule has 46 heavy (non-hydrogen) atoms. The first-order valence-electron chi connectivity index (χ1n) is 15.8. The smallest absolute Gasteiger partial charge is 0.261 e. The first-order chi connectivity index (χ1) is 22.8. The van der Waals surface area contributed by atoms with Crippen molar-refractivity contribution >= 4 is 82.7 Å². The lowest BCUT2D eigenvalue weighted by Gasteiger charge is -2.33. The van der Waals surface area contributed by atoms with Gasteiger partial charge in [0.1, 0.15) is 23.0 Å². The van der Waals surface area contributed by atoms with Gasteiger partial charge in [0.15, 0.2) is 0 Å². The molecule has 2 aliphatic rings. The summed E-state index contributed by atoms with van der Waals surface area (Å²) in [5, 5.41) is 9.65. The summed E-state index contributed by atoms with van der Waals surface area (Å²) in [6.07, 6.45) is 0. The summed E-state index contributed by atoms with van der Waals surface area (Å²) < 4.78 is 15.9. The van der Waals surface area contributed by atoms with Gasteiger partial charge in [0.2, 0.25) is 0 Å². The molecule has 0 aliphatic carbocycles. The van der Waals surface area contributed by atoms with Gasteiger partial charge in [0.25, 0.3) is 6.71 Å². The number of hydrogen-bond acceptors (Lipinski definition) is 2. The molecule has 0 N–H and O–H groups in total. The predicted molar refractivity (Wildman–Crippen MR) is 191 cm³/mol. The second-order valence-corrected chi connectivity index (χ2v) is 12.4. The van der Waals surface area contributed by atoms with Gasteiger partial charge < -0.3 is 13.9 Å². The molecular weight excluding hydrogens is 561 g/mol. The average Bonchev–Trinajstić information content (AvgIpc) is 3.47. The maximum absolute atomic E-state index is 6.94. The molecule has 0 radical (unpaired) electrons. The third-order valence-electron chi connectivity index (χ3n) is 10.1. The summed E-state index contributed by atoms with van der Waals surface area (Å²) in [4.78, 5) is 0. The van der Waals surface area contributed by atoms with Crippen LogP contribution in [0.5, 0.6) is 23.0 Å². The van der Waals surface area contributed by atoms with Crippen LogP contribution in [0.1, 0.15) is 0 Å². The van der Waals surface area contributed by atoms with Crippen LogP contribution in [0.25, 0.3) is 59.6 Å². The van der Waals surface area contributed by atoms with Crippen molar-refractivity contribution in [1.29, 1.82) is 0 Å². The second-order valence-electron chi connectivity index (χ2n) is 12.4. The minimum Gasteiger partial charge on any atom is -0.458 e. The minimum absolute atomic E-state index is 0.0384. The van der Waals surface area contributed by atoms with E-state index in [0.717, 1.165) is 39.3 Å². The molecule has 0 atom stereocenters. The zero-order valence-electron chi connectivity index (χ0n) is 24.7. The molecule has 9 aromatic rings. The number of rotatable bonds is 0. The van der Waals surface area contributed by atoms with E-state index in [9.17, 15) is 0 Å². The molecule has 2 aromatic heterocycles. The molecule has 0 saturated heterocycles. The van der Waals surface area contributed by atoms with Crippen molar-refractivity contribution in [3.05, 3.63) is 146 Å². The average molecular weight is 585 g/mol. The van der Waals surface area contributed by atoms with E-state index in [-0.39, 0.29) is 6.71 Å². The molecular formula is C42H24BNO2. The molecule has 0 bridgehead atoms. The summed E-state index contributed by atoms with van der Waals surface area (Å²) in [5.41, 5.74) is 6.99. The van der Waals surface area contributed by atoms with E-state index in [1.54, 1.807) is 0 Å². The molecule has 0 unspecified atom stereocenters. The molecule has 4 heterocycles. The Labute approximate surface area is 264 Å². The highest BCUT2D eigenvalue weighted by molar-refractivity contribution is 7.00. The SMILES string of the molecule is c1ccc2c(c1)Oc1cccc3c1B2c1c(cc2c4ccccc4c4ccccc4c4ccccc4n4c5ccccc5c1c24)O3. The van der Waals surface area contributed by atoms with E-state index in [1.807, 2.05) is 6.07 Å². The monoisotopic (exact) mass is 585 g/mol. The van der Waals surface area contributed by atoms with Gasteiger partial charge in [-0.05, 0) is 68.9 Å². The number of benzene rings is 7. The molecule has 3 nitrogen and oxygen atoms in total. The Morgan fingerprint density at radius 2 is 0.891 bits per heavy atom. The molecule has 212 valence electrons. The molecule has 4 heteroatoms. The lowest BCUT2D eigenvalue weighted by Crippen LogP contribution is -2.57. The van der Waals surface area contributed by atoms with Crippen molar-refractivity contribution < 1.29 is 9.47 Å². The zero-order chi connectivity index (χ0) is 29.9. The van der Waals surface area contributed by atoms with E-state index in [1.165, 1.54) is 59.7 Å². The summed E-state index contributed by atoms with van der Waals surface area (Å²) in [5.74, 6) is 3.51. The topological polar surface area (TPSA) is 22.9 Å². The third kappa shape index (κ3) is 3.03. The number of nitrogens with zero attached hydrogens (tertiary/aromatic N) is 1. The molecule has 7 aromatic carbocycles. The van der Waals surface area contributed by atoms with Crippen molar-refractivity contribution in [3.63, 3.8) is 0 Å². The van der Waals surface area contributed by atoms with Crippen LogP contribution in [-0.4, -0.2) is 11.1 Å². The molecule has 0 saturated carbocycles. The van der Waals surface area contributed by atoms with Crippen LogP contribution in [0, 0.1) is 0 Å². The summed E-state index contributed by atoms with van der Waals surface area (Å²) in [6.45, 7) is -0.0384. The van der Waals surface area contributed by atoms with E-state index in [0.29, 0.717) is 0 Å². The first kappa shape index (κ1) is 24.3. The largest absolute Gasteiger partial charge is 0.458 e. The van der Waals surface area contributed by atoms with Gasteiger partial charge >= 0.3 is 0 Å². The number of hydrogen-bond donors (Lipinski definition) is 0. The van der Waals surface area contributed by atoms with Gasteiger partial charge in [0, 0.05) is 27.0 Å². The van der Waals surface area contributed by atoms with Gasteiger partial charge in [-0.2, -0.15) is 0 Å². The predicted octanol–water partition coefficient (Wildman–Crippen LogP) is 9.00. The van der Waals surface area contributed by atoms with E-state index in [4.69, 9.17) is 9.47 Å². The Bertz CT molecular complexity index is 2830. The van der Waals surface area contributed by atoms with Gasteiger partial charge in [-0.25, -0.2) is 0 Å². The highest BCUT2D eigenvalue weighted by Crippen LogP contribution is 2.43. The Kier molecular flexibility index (Phi) is 4.66. The van der Waals surface area contributed by atoms with Crippen molar-refractivity contribution in [3.8, 4) is 23.0 Å². The Balaban J connectivity index is 1.49. The zero-order valence-corrected chi connectivity index (χ0v) is 24.7. The van der Waals surface area contributed by atoms with Gasteiger partial charge in [0.05, 0.1) is 16.6 Å². The third-order valence-corrected chi connectivity index (χ3v) is 10.1. The van der Waals surface area contributed by atoms with Crippen molar-refractivity contribution in [2.24, 2.45) is 0 Å². The normalized spacial score (nSPS) is 13.1. The standard InChI is InChI=1S/C42H24BNO2/c1-3-14-27-25(12-1)26-13-2-4-15-28(26)31-24-38-41(43-32-18-7-10-21-35(32)45-36-22-11-23-37(46-38)40(36)43)39-30-17-6-9-20-34(30)44(42(31)39)33-19-8-5-16-29(27)33/h1-24H. The van der Waals surface area contributed by atoms with Gasteiger partial charge in [-0.3, -0.25) is 0 Å². The van der Waals surface area contributed by atoms with Crippen LogP contribution in [0.15, 0.2) is 146 Å². The molecule has 0 amide bonds. The van der Waals surface area contributed by atoms with Crippen LogP contribution in [0.4, 0.5) is 0 Å². The summed E-state index contributed by atoms with van der Waals surface area (Å²) in [7, 11) is 0. The highest BCUT2D eigenvalue weighted by atomic mass is 16.5. The number of aromatic nitrogens is 1. The van der Waals surface area contributed by atoms with Crippen molar-refractivity contribution in [2.45, 2.75) is 0 Å².